The lowest BCUT2D eigenvalue weighted by Crippen LogP contribution is -2.46. The van der Waals surface area contributed by atoms with E-state index in [0.717, 1.165) is 45.3 Å². The molecule has 3 saturated heterocycles. The first-order valence-electron chi connectivity index (χ1n) is 10.8. The molecule has 0 aromatic rings. The van der Waals surface area contributed by atoms with Gasteiger partial charge in [-0.1, -0.05) is 26.2 Å². The Kier molecular flexibility index (Phi) is 6.83. The van der Waals surface area contributed by atoms with Gasteiger partial charge in [0, 0.05) is 43.9 Å². The molecule has 8 nitrogen and oxygen atoms in total. The van der Waals surface area contributed by atoms with Crippen LogP contribution in [0.15, 0.2) is 0 Å². The van der Waals surface area contributed by atoms with Crippen LogP contribution in [0.25, 0.3) is 0 Å². The standard InChI is InChI=1S/C20H33N3O3.CH2O2/c1-19(7-4-3-5-8-19)18(25)22-10-14-15-11-23(12-17(24)21-2)13-20(15)9-6-16(14)26-20;2-1-3/h14-16H,3-13H2,1-2H3,(H,21,24)(H,22,25);1H,(H,2,3)/t14-,15+,16+,20+;/m0./s1. The number of amides is 2. The van der Waals surface area contributed by atoms with Gasteiger partial charge in [0.15, 0.2) is 0 Å². The number of fused-ring (bicyclic) bond motifs is 1. The minimum absolute atomic E-state index is 0.0611. The number of carboxylic acid groups (broad SMARTS) is 1. The number of likely N-dealkylation sites (tertiary alicyclic amines) is 1. The molecule has 2 bridgehead atoms. The minimum Gasteiger partial charge on any atom is -0.483 e. The molecule has 0 aromatic heterocycles. The van der Waals surface area contributed by atoms with Gasteiger partial charge in [-0.2, -0.15) is 0 Å². The zero-order valence-electron chi connectivity index (χ0n) is 17.6. The third-order valence-corrected chi connectivity index (χ3v) is 7.50. The number of hydrogen-bond acceptors (Lipinski definition) is 5. The van der Waals surface area contributed by atoms with E-state index >= 15 is 0 Å². The monoisotopic (exact) mass is 409 g/mol. The van der Waals surface area contributed by atoms with Crippen LogP contribution >= 0.6 is 0 Å². The topological polar surface area (TPSA) is 108 Å². The summed E-state index contributed by atoms with van der Waals surface area (Å²) in [7, 11) is 1.68. The van der Waals surface area contributed by atoms with Crippen molar-refractivity contribution in [3.63, 3.8) is 0 Å². The lowest BCUT2D eigenvalue weighted by Gasteiger charge is -2.34. The Hall–Kier alpha value is -1.67. The highest BCUT2D eigenvalue weighted by Gasteiger charge is 2.62. The Morgan fingerprint density at radius 2 is 1.93 bits per heavy atom. The largest absolute Gasteiger partial charge is 0.483 e. The van der Waals surface area contributed by atoms with Crippen molar-refractivity contribution in [2.75, 3.05) is 33.2 Å². The molecule has 29 heavy (non-hydrogen) atoms. The van der Waals surface area contributed by atoms with Crippen LogP contribution in [0.3, 0.4) is 0 Å². The summed E-state index contributed by atoms with van der Waals surface area (Å²) in [5, 5.41) is 12.9. The van der Waals surface area contributed by atoms with Gasteiger partial charge in [0.25, 0.3) is 6.47 Å². The number of carbonyl (C=O) groups is 3. The fourth-order valence-corrected chi connectivity index (χ4v) is 5.95. The molecule has 1 saturated carbocycles. The summed E-state index contributed by atoms with van der Waals surface area (Å²) in [6.45, 7) is 4.80. The van der Waals surface area contributed by atoms with Gasteiger partial charge in [0.1, 0.15) is 0 Å². The fourth-order valence-electron chi connectivity index (χ4n) is 5.95. The molecule has 3 heterocycles. The molecular weight excluding hydrogens is 374 g/mol. The first kappa shape index (κ1) is 22.0. The Morgan fingerprint density at radius 3 is 2.59 bits per heavy atom. The summed E-state index contributed by atoms with van der Waals surface area (Å²) in [6, 6.07) is 0. The molecule has 4 atom stereocenters. The van der Waals surface area contributed by atoms with Gasteiger partial charge in [-0.05, 0) is 25.7 Å². The fraction of sp³-hybridized carbons (Fsp3) is 0.857. The maximum absolute atomic E-state index is 12.8. The molecule has 4 rings (SSSR count). The predicted octanol–water partition coefficient (Wildman–Crippen LogP) is 0.999. The van der Waals surface area contributed by atoms with Crippen LogP contribution in [0, 0.1) is 17.3 Å². The molecule has 0 aromatic carbocycles. The Labute approximate surface area is 172 Å². The number of likely N-dealkylation sites (N-methyl/N-ethyl adjacent to an activating group) is 1. The summed E-state index contributed by atoms with van der Waals surface area (Å²) in [5.74, 6) is 1.11. The van der Waals surface area contributed by atoms with E-state index in [1.807, 2.05) is 0 Å². The summed E-state index contributed by atoms with van der Waals surface area (Å²) >= 11 is 0. The second-order valence-corrected chi connectivity index (χ2v) is 9.31. The molecule has 3 aliphatic heterocycles. The van der Waals surface area contributed by atoms with E-state index in [9.17, 15) is 9.59 Å². The van der Waals surface area contributed by atoms with Crippen LogP contribution in [-0.4, -0.2) is 73.2 Å². The summed E-state index contributed by atoms with van der Waals surface area (Å²) in [5.41, 5.74) is -0.266. The molecule has 0 unspecified atom stereocenters. The van der Waals surface area contributed by atoms with Crippen LogP contribution in [0.4, 0.5) is 0 Å². The van der Waals surface area contributed by atoms with Gasteiger partial charge in [0.05, 0.1) is 18.2 Å². The highest BCUT2D eigenvalue weighted by Crippen LogP contribution is 2.54. The average molecular weight is 410 g/mol. The van der Waals surface area contributed by atoms with Gasteiger partial charge in [-0.15, -0.1) is 0 Å². The van der Waals surface area contributed by atoms with Gasteiger partial charge < -0.3 is 20.5 Å². The molecule has 2 amide bonds. The van der Waals surface area contributed by atoms with E-state index < -0.39 is 0 Å². The molecule has 4 aliphatic rings. The Balaban J connectivity index is 0.000000755. The lowest BCUT2D eigenvalue weighted by molar-refractivity contribution is -0.132. The molecule has 8 heteroatoms. The van der Waals surface area contributed by atoms with E-state index in [-0.39, 0.29) is 35.4 Å². The van der Waals surface area contributed by atoms with E-state index in [1.165, 1.54) is 19.3 Å². The zero-order valence-corrected chi connectivity index (χ0v) is 17.6. The molecule has 4 fully saturated rings. The van der Waals surface area contributed by atoms with E-state index in [1.54, 1.807) is 7.05 Å². The predicted molar refractivity (Wildman–Crippen MR) is 107 cm³/mol. The summed E-state index contributed by atoms with van der Waals surface area (Å²) < 4.78 is 6.42. The normalized spacial score (nSPS) is 34.6. The van der Waals surface area contributed by atoms with Crippen molar-refractivity contribution in [1.82, 2.24) is 15.5 Å². The SMILES string of the molecule is CNC(=O)CN1C[C@@H]2[C@H](CNC(=O)C3(C)CCCCC3)[C@H]3CC[C@]2(C1)O3.O=CO. The number of nitrogens with zero attached hydrogens (tertiary/aromatic N) is 1. The van der Waals surface area contributed by atoms with Crippen LogP contribution in [0.1, 0.15) is 51.9 Å². The van der Waals surface area contributed by atoms with Gasteiger partial charge in [0.2, 0.25) is 11.8 Å². The average Bonchev–Trinajstić information content (AvgIpc) is 3.35. The number of ether oxygens (including phenoxy) is 1. The van der Waals surface area contributed by atoms with Crippen LogP contribution in [0.2, 0.25) is 0 Å². The van der Waals surface area contributed by atoms with E-state index in [4.69, 9.17) is 14.6 Å². The van der Waals surface area contributed by atoms with Crippen molar-refractivity contribution < 1.29 is 24.2 Å². The zero-order chi connectivity index (χ0) is 21.1. The maximum Gasteiger partial charge on any atom is 0.290 e. The summed E-state index contributed by atoms with van der Waals surface area (Å²) in [4.78, 5) is 35.1. The van der Waals surface area contributed by atoms with E-state index in [2.05, 4.69) is 22.5 Å². The van der Waals surface area contributed by atoms with Crippen molar-refractivity contribution in [2.45, 2.75) is 63.6 Å². The van der Waals surface area contributed by atoms with E-state index in [0.29, 0.717) is 18.4 Å². The first-order chi connectivity index (χ1) is 13.9. The van der Waals surface area contributed by atoms with Crippen molar-refractivity contribution in [3.05, 3.63) is 0 Å². The summed E-state index contributed by atoms with van der Waals surface area (Å²) in [6.07, 6.45) is 8.07. The molecule has 3 N–H and O–H groups in total. The second kappa shape index (κ2) is 9.00. The molecule has 1 spiro atoms. The van der Waals surface area contributed by atoms with Gasteiger partial charge in [-0.3, -0.25) is 19.3 Å². The van der Waals surface area contributed by atoms with Crippen molar-refractivity contribution >= 4 is 18.3 Å². The lowest BCUT2D eigenvalue weighted by atomic mass is 9.73. The smallest absolute Gasteiger partial charge is 0.290 e. The molecule has 164 valence electrons. The van der Waals surface area contributed by atoms with Gasteiger partial charge >= 0.3 is 0 Å². The van der Waals surface area contributed by atoms with Gasteiger partial charge in [-0.25, -0.2) is 0 Å². The van der Waals surface area contributed by atoms with Crippen LogP contribution < -0.4 is 10.6 Å². The van der Waals surface area contributed by atoms with Crippen LogP contribution in [-0.2, 0) is 19.1 Å². The number of hydrogen-bond donors (Lipinski definition) is 3. The first-order valence-corrected chi connectivity index (χ1v) is 10.8. The molecule has 0 radical (unpaired) electrons. The Bertz CT molecular complexity index is 621. The third-order valence-electron chi connectivity index (χ3n) is 7.50. The quantitative estimate of drug-likeness (QED) is 0.585. The second-order valence-electron chi connectivity index (χ2n) is 9.31. The maximum atomic E-state index is 12.8. The number of rotatable bonds is 5. The minimum atomic E-state index is -0.250. The third kappa shape index (κ3) is 4.43. The van der Waals surface area contributed by atoms with Crippen molar-refractivity contribution in [2.24, 2.45) is 17.3 Å². The molecular formula is C21H35N3O5. The highest BCUT2D eigenvalue weighted by molar-refractivity contribution is 5.82. The highest BCUT2D eigenvalue weighted by atomic mass is 16.5. The number of nitrogens with one attached hydrogen (secondary N) is 2. The van der Waals surface area contributed by atoms with Crippen molar-refractivity contribution in [1.29, 1.82) is 0 Å². The Morgan fingerprint density at radius 1 is 1.24 bits per heavy atom. The number of carbonyl (C=O) groups excluding carboxylic acids is 2. The van der Waals surface area contributed by atoms with Crippen molar-refractivity contribution in [3.8, 4) is 0 Å². The molecule has 1 aliphatic carbocycles. The van der Waals surface area contributed by atoms with Crippen LogP contribution in [0.5, 0.6) is 0 Å².